The van der Waals surface area contributed by atoms with Crippen molar-refractivity contribution >= 4 is 40.9 Å². The van der Waals surface area contributed by atoms with E-state index in [0.717, 1.165) is 48.8 Å². The van der Waals surface area contributed by atoms with Gasteiger partial charge in [0.2, 0.25) is 0 Å². The van der Waals surface area contributed by atoms with Crippen LogP contribution in [-0.4, -0.2) is 84.0 Å². The Hall–Kier alpha value is -1.89. The van der Waals surface area contributed by atoms with E-state index in [1.54, 1.807) is 23.1 Å². The Labute approximate surface area is 230 Å². The third-order valence-corrected chi connectivity index (χ3v) is 7.90. The predicted molar refractivity (Wildman–Crippen MR) is 144 cm³/mol. The molecule has 0 unspecified atom stereocenters. The van der Waals surface area contributed by atoms with Crippen LogP contribution >= 0.6 is 35.0 Å². The lowest BCUT2D eigenvalue weighted by Crippen LogP contribution is -2.56. The number of hydrogen-bond acceptors (Lipinski definition) is 4. The second kappa shape index (κ2) is 12.8. The van der Waals surface area contributed by atoms with Crippen LogP contribution in [0.15, 0.2) is 42.5 Å². The average molecular weight is 571 g/mol. The second-order valence-corrected chi connectivity index (χ2v) is 11.3. The number of rotatable bonds is 5. The minimum atomic E-state index is -4.39. The number of benzene rings is 2. The van der Waals surface area contributed by atoms with Crippen LogP contribution in [0.25, 0.3) is 0 Å². The van der Waals surface area contributed by atoms with Gasteiger partial charge in [-0.05, 0) is 42.3 Å². The van der Waals surface area contributed by atoms with Gasteiger partial charge in [-0.3, -0.25) is 14.6 Å². The van der Waals surface area contributed by atoms with E-state index < -0.39 is 11.7 Å². The molecule has 10 heteroatoms. The van der Waals surface area contributed by atoms with E-state index in [1.807, 2.05) is 11.8 Å². The van der Waals surface area contributed by atoms with Crippen LogP contribution in [-0.2, 0) is 12.6 Å². The van der Waals surface area contributed by atoms with E-state index in [4.69, 9.17) is 23.2 Å². The van der Waals surface area contributed by atoms with Crippen LogP contribution in [0.2, 0.25) is 10.0 Å². The van der Waals surface area contributed by atoms with Crippen molar-refractivity contribution in [3.63, 3.8) is 0 Å². The molecule has 0 bridgehead atoms. The van der Waals surface area contributed by atoms with Crippen molar-refractivity contribution in [1.29, 1.82) is 0 Å². The molecule has 4 rings (SSSR count). The van der Waals surface area contributed by atoms with Crippen LogP contribution in [0.4, 0.5) is 13.2 Å². The molecule has 0 aromatic heterocycles. The molecule has 2 aromatic carbocycles. The Morgan fingerprint density at radius 2 is 1.54 bits per heavy atom. The van der Waals surface area contributed by atoms with E-state index in [9.17, 15) is 18.0 Å². The number of amides is 1. The molecule has 0 spiro atoms. The first-order valence-electron chi connectivity index (χ1n) is 12.1. The second-order valence-electron chi connectivity index (χ2n) is 9.19. The summed E-state index contributed by atoms with van der Waals surface area (Å²) in [5.41, 5.74) is 0.435. The van der Waals surface area contributed by atoms with Gasteiger partial charge in [-0.2, -0.15) is 24.9 Å². The molecule has 2 fully saturated rings. The van der Waals surface area contributed by atoms with Crippen molar-refractivity contribution < 1.29 is 18.0 Å². The summed E-state index contributed by atoms with van der Waals surface area (Å²) in [4.78, 5) is 19.8. The van der Waals surface area contributed by atoms with Crippen LogP contribution in [0.5, 0.6) is 0 Å². The van der Waals surface area contributed by atoms with Gasteiger partial charge >= 0.3 is 6.18 Å². The van der Waals surface area contributed by atoms with Gasteiger partial charge in [0.25, 0.3) is 5.91 Å². The molecule has 37 heavy (non-hydrogen) atoms. The van der Waals surface area contributed by atoms with Crippen molar-refractivity contribution in [2.75, 3.05) is 57.3 Å². The molecule has 0 N–H and O–H groups in total. The van der Waals surface area contributed by atoms with Crippen LogP contribution in [0.1, 0.15) is 21.5 Å². The molecule has 2 aliphatic rings. The average Bonchev–Trinajstić information content (AvgIpc) is 2.86. The fourth-order valence-electron chi connectivity index (χ4n) is 4.55. The van der Waals surface area contributed by atoms with E-state index in [0.29, 0.717) is 48.2 Å². The van der Waals surface area contributed by atoms with Crippen molar-refractivity contribution in [2.24, 2.45) is 0 Å². The van der Waals surface area contributed by atoms with Crippen molar-refractivity contribution in [3.05, 3.63) is 69.2 Å². The summed E-state index contributed by atoms with van der Waals surface area (Å²) in [5, 5.41) is 0.743. The Bertz CT molecular complexity index is 1120. The monoisotopic (exact) mass is 569 g/mol. The molecule has 0 radical (unpaired) electrons. The van der Waals surface area contributed by atoms with Gasteiger partial charge in [0, 0.05) is 65.9 Å². The first-order chi connectivity index (χ1) is 17.7. The predicted octanol–water partition coefficient (Wildman–Crippen LogP) is 5.43. The molecule has 0 saturated carbocycles. The Morgan fingerprint density at radius 1 is 0.919 bits per heavy atom. The van der Waals surface area contributed by atoms with Gasteiger partial charge in [-0.25, -0.2) is 0 Å². The minimum Gasteiger partial charge on any atom is -0.333 e. The summed E-state index contributed by atoms with van der Waals surface area (Å²) in [6.07, 6.45) is -3.97. The first kappa shape index (κ1) is 28.1. The molecule has 4 nitrogen and oxygen atoms in total. The fraction of sp³-hybridized carbons (Fsp3) is 0.444. The molecule has 0 aliphatic carbocycles. The Kier molecular flexibility index (Phi) is 9.71. The van der Waals surface area contributed by atoms with Crippen molar-refractivity contribution in [1.82, 2.24) is 14.7 Å². The molecule has 2 aliphatic heterocycles. The number of alkyl halides is 3. The molecule has 2 aromatic rings. The van der Waals surface area contributed by atoms with Crippen LogP contribution in [0.3, 0.4) is 0 Å². The maximum Gasteiger partial charge on any atom is 0.416 e. The SMILES string of the molecule is O=C(c1cc(Cl)cc(Cl)c1)N1CCN(CC#CCN2CCSCC2)C[C@H]1Cc1ccc(C(F)(F)F)cc1. The molecular formula is C27H28Cl2F3N3OS. The van der Waals surface area contributed by atoms with E-state index in [2.05, 4.69) is 21.6 Å². The summed E-state index contributed by atoms with van der Waals surface area (Å²) in [6.45, 7) is 5.14. The summed E-state index contributed by atoms with van der Waals surface area (Å²) < 4.78 is 39.1. The Balaban J connectivity index is 1.47. The largest absolute Gasteiger partial charge is 0.416 e. The lowest BCUT2D eigenvalue weighted by molar-refractivity contribution is -0.137. The van der Waals surface area contributed by atoms with Gasteiger partial charge in [0.1, 0.15) is 0 Å². The highest BCUT2D eigenvalue weighted by molar-refractivity contribution is 7.99. The molecule has 1 amide bonds. The van der Waals surface area contributed by atoms with Crippen molar-refractivity contribution in [2.45, 2.75) is 18.6 Å². The summed E-state index contributed by atoms with van der Waals surface area (Å²) >= 11 is 14.2. The zero-order valence-corrected chi connectivity index (χ0v) is 22.6. The third-order valence-electron chi connectivity index (χ3n) is 6.52. The maximum absolute atomic E-state index is 13.4. The number of halogens is 5. The number of nitrogens with zero attached hydrogens (tertiary/aromatic N) is 3. The quantitative estimate of drug-likeness (QED) is 0.448. The van der Waals surface area contributed by atoms with E-state index in [-0.39, 0.29) is 11.9 Å². The fourth-order valence-corrected chi connectivity index (χ4v) is 6.05. The number of hydrogen-bond donors (Lipinski definition) is 0. The first-order valence-corrected chi connectivity index (χ1v) is 14.0. The zero-order valence-electron chi connectivity index (χ0n) is 20.2. The smallest absolute Gasteiger partial charge is 0.333 e. The van der Waals surface area contributed by atoms with Gasteiger partial charge in [0.05, 0.1) is 18.7 Å². The Morgan fingerprint density at radius 3 is 2.16 bits per heavy atom. The van der Waals surface area contributed by atoms with E-state index in [1.165, 1.54) is 12.1 Å². The topological polar surface area (TPSA) is 26.8 Å². The summed E-state index contributed by atoms with van der Waals surface area (Å²) in [6, 6.07) is 9.64. The number of thioether (sulfide) groups is 1. The highest BCUT2D eigenvalue weighted by Crippen LogP contribution is 2.30. The number of piperazine rings is 1. The summed E-state index contributed by atoms with van der Waals surface area (Å²) in [5.74, 6) is 8.61. The summed E-state index contributed by atoms with van der Waals surface area (Å²) in [7, 11) is 0. The van der Waals surface area contributed by atoms with Crippen molar-refractivity contribution in [3.8, 4) is 11.8 Å². The third kappa shape index (κ3) is 8.05. The molecular weight excluding hydrogens is 542 g/mol. The van der Waals surface area contributed by atoms with Gasteiger partial charge in [-0.15, -0.1) is 0 Å². The van der Waals surface area contributed by atoms with Gasteiger partial charge in [0.15, 0.2) is 0 Å². The molecule has 198 valence electrons. The number of carbonyl (C=O) groups is 1. The molecule has 2 heterocycles. The van der Waals surface area contributed by atoms with Crippen LogP contribution < -0.4 is 0 Å². The maximum atomic E-state index is 13.4. The highest BCUT2D eigenvalue weighted by atomic mass is 35.5. The van der Waals surface area contributed by atoms with Crippen LogP contribution in [0, 0.1) is 11.8 Å². The minimum absolute atomic E-state index is 0.199. The lowest BCUT2D eigenvalue weighted by Gasteiger charge is -2.41. The number of carbonyl (C=O) groups excluding carboxylic acids is 1. The zero-order chi connectivity index (χ0) is 26.4. The molecule has 2 saturated heterocycles. The lowest BCUT2D eigenvalue weighted by atomic mass is 9.99. The van der Waals surface area contributed by atoms with Gasteiger partial charge in [-0.1, -0.05) is 47.2 Å². The molecule has 1 atom stereocenters. The standard InChI is InChI=1S/C27H28Cl2F3N3OS/c28-23-16-21(17-24(29)18-23)26(36)35-10-9-34(8-2-1-7-33-11-13-37-14-12-33)19-25(35)15-20-3-5-22(6-4-20)27(30,31)32/h3-6,16-18,25H,7-15,19H2/t25-/m1/s1. The highest BCUT2D eigenvalue weighted by Gasteiger charge is 2.32. The normalized spacial score (nSPS) is 19.4. The van der Waals surface area contributed by atoms with E-state index >= 15 is 0 Å². The van der Waals surface area contributed by atoms with Gasteiger partial charge < -0.3 is 4.90 Å².